The minimum atomic E-state index is -0.663. The maximum absolute atomic E-state index is 9.64. The summed E-state index contributed by atoms with van der Waals surface area (Å²) in [6.45, 7) is 0. The first-order valence-corrected chi connectivity index (χ1v) is 10.1. The summed E-state index contributed by atoms with van der Waals surface area (Å²) in [5.41, 5.74) is 7.80. The molecule has 0 bridgehead atoms. The van der Waals surface area contributed by atoms with Gasteiger partial charge in [-0.3, -0.25) is 0 Å². The van der Waals surface area contributed by atoms with Gasteiger partial charge >= 0.3 is 0 Å². The van der Waals surface area contributed by atoms with Crippen LogP contribution in [0.2, 0.25) is 0 Å². The molecule has 26 heavy (non-hydrogen) atoms. The van der Waals surface area contributed by atoms with Crippen molar-refractivity contribution < 1.29 is 0 Å². The number of aliphatic imine (C=N–C) groups is 1. The number of rotatable bonds is 6. The van der Waals surface area contributed by atoms with Crippen LogP contribution in [0.15, 0.2) is 58.7 Å². The Bertz CT molecular complexity index is 789. The van der Waals surface area contributed by atoms with Crippen molar-refractivity contribution in [2.75, 3.05) is 5.75 Å². The Morgan fingerprint density at radius 1 is 1.15 bits per heavy atom. The van der Waals surface area contributed by atoms with Gasteiger partial charge in [-0.25, -0.2) is 9.98 Å². The Hall–Kier alpha value is -2.32. The number of nitrogens with zero attached hydrogens (tertiary/aromatic N) is 3. The molecule has 2 N–H and O–H groups in total. The monoisotopic (exact) mass is 364 g/mol. The van der Waals surface area contributed by atoms with Crippen molar-refractivity contribution in [1.82, 2.24) is 4.98 Å². The van der Waals surface area contributed by atoms with Crippen LogP contribution in [0.25, 0.3) is 0 Å². The summed E-state index contributed by atoms with van der Waals surface area (Å²) < 4.78 is 0. The highest BCUT2D eigenvalue weighted by Gasteiger charge is 2.32. The number of hydrogen-bond acceptors (Lipinski definition) is 4. The second-order valence-corrected chi connectivity index (χ2v) is 7.72. The lowest BCUT2D eigenvalue weighted by Gasteiger charge is -2.27. The van der Waals surface area contributed by atoms with Crippen molar-refractivity contribution in [2.45, 2.75) is 49.1 Å². The highest BCUT2D eigenvalue weighted by Crippen LogP contribution is 2.32. The average Bonchev–Trinajstić information content (AvgIpc) is 2.70. The van der Waals surface area contributed by atoms with Crippen molar-refractivity contribution in [3.05, 3.63) is 59.8 Å². The van der Waals surface area contributed by atoms with Gasteiger partial charge in [0.15, 0.2) is 0 Å². The minimum Gasteiger partial charge on any atom is -0.383 e. The van der Waals surface area contributed by atoms with E-state index in [4.69, 9.17) is 5.73 Å². The summed E-state index contributed by atoms with van der Waals surface area (Å²) in [6.07, 6.45) is 7.59. The maximum Gasteiger partial charge on any atom is 0.149 e. The molecule has 1 aromatic heterocycles. The number of pyridine rings is 1. The predicted octanol–water partition coefficient (Wildman–Crippen LogP) is 4.35. The highest BCUT2D eigenvalue weighted by atomic mass is 32.2. The summed E-state index contributed by atoms with van der Waals surface area (Å²) in [4.78, 5) is 9.15. The zero-order valence-electron chi connectivity index (χ0n) is 14.9. The molecule has 1 heterocycles. The molecule has 0 spiro atoms. The largest absolute Gasteiger partial charge is 0.383 e. The lowest BCUT2D eigenvalue weighted by atomic mass is 9.83. The van der Waals surface area contributed by atoms with Crippen LogP contribution in [0, 0.1) is 11.3 Å². The Kier molecular flexibility index (Phi) is 6.30. The molecule has 4 nitrogen and oxygen atoms in total. The molecule has 5 heteroatoms. The molecule has 0 unspecified atom stereocenters. The van der Waals surface area contributed by atoms with E-state index >= 15 is 0 Å². The number of nitrogens with two attached hydrogens (primary N) is 1. The van der Waals surface area contributed by atoms with Gasteiger partial charge in [0.2, 0.25) is 0 Å². The summed E-state index contributed by atoms with van der Waals surface area (Å²) in [5, 5.41) is 10.5. The van der Waals surface area contributed by atoms with Gasteiger partial charge in [0.25, 0.3) is 0 Å². The molecule has 0 saturated heterocycles. The van der Waals surface area contributed by atoms with Crippen molar-refractivity contribution in [3.63, 3.8) is 0 Å². The van der Waals surface area contributed by atoms with Crippen LogP contribution in [0.3, 0.4) is 0 Å². The van der Waals surface area contributed by atoms with Gasteiger partial charge in [-0.15, -0.1) is 11.8 Å². The quantitative estimate of drug-likeness (QED) is 0.470. The second kappa shape index (κ2) is 8.86. The van der Waals surface area contributed by atoms with Crippen molar-refractivity contribution >= 4 is 17.6 Å². The van der Waals surface area contributed by atoms with E-state index in [0.29, 0.717) is 5.84 Å². The zero-order valence-corrected chi connectivity index (χ0v) is 15.7. The summed E-state index contributed by atoms with van der Waals surface area (Å²) in [5.74, 6) is 1.36. The Labute approximate surface area is 159 Å². The van der Waals surface area contributed by atoms with E-state index in [1.807, 2.05) is 18.2 Å². The second-order valence-electron chi connectivity index (χ2n) is 6.64. The van der Waals surface area contributed by atoms with Crippen LogP contribution in [0.4, 0.5) is 0 Å². The fourth-order valence-electron chi connectivity index (χ4n) is 3.29. The van der Waals surface area contributed by atoms with Gasteiger partial charge in [-0.05, 0) is 49.8 Å². The standard InChI is InChI=1S/C21H24N4S/c22-16-21(12-5-2-6-13-21)25-19(23)18-10-7-14-24-20(18)26-15-11-17-8-3-1-4-9-17/h1,3-4,7-10,14H,2,5-6,11-13,15H2,(H2,23,25). The molecule has 1 aliphatic carbocycles. The van der Waals surface area contributed by atoms with E-state index in [1.54, 1.807) is 18.0 Å². The number of thioether (sulfide) groups is 1. The van der Waals surface area contributed by atoms with E-state index in [-0.39, 0.29) is 0 Å². The van der Waals surface area contributed by atoms with Crippen molar-refractivity contribution in [3.8, 4) is 6.07 Å². The molecule has 0 aliphatic heterocycles. The maximum atomic E-state index is 9.64. The first-order valence-electron chi connectivity index (χ1n) is 9.11. The SMILES string of the molecule is N#CC1(N=C(N)c2cccnc2SCCc2ccccc2)CCCCC1. The molecule has 1 aromatic carbocycles. The first kappa shape index (κ1) is 18.5. The molecule has 3 rings (SSSR count). The minimum absolute atomic E-state index is 0.434. The normalized spacial score (nSPS) is 16.8. The Morgan fingerprint density at radius 3 is 2.65 bits per heavy atom. The van der Waals surface area contributed by atoms with Gasteiger partial charge in [0.1, 0.15) is 16.4 Å². The third kappa shape index (κ3) is 4.64. The van der Waals surface area contributed by atoms with Gasteiger partial charge in [0.05, 0.1) is 6.07 Å². The van der Waals surface area contributed by atoms with Gasteiger partial charge in [0, 0.05) is 17.5 Å². The lowest BCUT2D eigenvalue weighted by molar-refractivity contribution is 0.369. The average molecular weight is 365 g/mol. The third-order valence-corrected chi connectivity index (χ3v) is 5.75. The molecule has 1 fully saturated rings. The topological polar surface area (TPSA) is 75.1 Å². The summed E-state index contributed by atoms with van der Waals surface area (Å²) in [7, 11) is 0. The molecule has 0 atom stereocenters. The fourth-order valence-corrected chi connectivity index (χ4v) is 4.28. The highest BCUT2D eigenvalue weighted by molar-refractivity contribution is 7.99. The number of aryl methyl sites for hydroxylation is 1. The number of nitriles is 1. The number of benzene rings is 1. The third-order valence-electron chi connectivity index (χ3n) is 4.74. The van der Waals surface area contributed by atoms with E-state index in [2.05, 4.69) is 40.3 Å². The van der Waals surface area contributed by atoms with Gasteiger partial charge in [-0.2, -0.15) is 5.26 Å². The first-order chi connectivity index (χ1) is 12.7. The molecule has 1 aliphatic rings. The van der Waals surface area contributed by atoms with E-state index in [0.717, 1.165) is 48.4 Å². The Balaban J connectivity index is 1.73. The molecule has 2 aromatic rings. The number of aromatic nitrogens is 1. The van der Waals surface area contributed by atoms with E-state index in [1.165, 1.54) is 12.0 Å². The fraction of sp³-hybridized carbons (Fsp3) is 0.381. The Morgan fingerprint density at radius 2 is 1.92 bits per heavy atom. The summed E-state index contributed by atoms with van der Waals surface area (Å²) in [6, 6.07) is 16.6. The van der Waals surface area contributed by atoms with Gasteiger partial charge in [-0.1, -0.05) is 36.8 Å². The summed E-state index contributed by atoms with van der Waals surface area (Å²) >= 11 is 1.68. The van der Waals surface area contributed by atoms with E-state index < -0.39 is 5.54 Å². The van der Waals surface area contributed by atoms with Crippen molar-refractivity contribution in [2.24, 2.45) is 10.7 Å². The number of amidine groups is 1. The van der Waals surface area contributed by atoms with Crippen LogP contribution in [0.5, 0.6) is 0 Å². The van der Waals surface area contributed by atoms with Crippen LogP contribution < -0.4 is 5.73 Å². The molecule has 0 radical (unpaired) electrons. The number of hydrogen-bond donors (Lipinski definition) is 1. The molecular formula is C21H24N4S. The molecule has 1 saturated carbocycles. The van der Waals surface area contributed by atoms with Crippen LogP contribution >= 0.6 is 11.8 Å². The lowest BCUT2D eigenvalue weighted by Crippen LogP contribution is -2.31. The predicted molar refractivity (Wildman–Crippen MR) is 107 cm³/mol. The molecule has 134 valence electrons. The van der Waals surface area contributed by atoms with Crippen LogP contribution in [0.1, 0.15) is 43.2 Å². The van der Waals surface area contributed by atoms with Crippen LogP contribution in [-0.4, -0.2) is 22.1 Å². The van der Waals surface area contributed by atoms with Crippen LogP contribution in [-0.2, 0) is 6.42 Å². The van der Waals surface area contributed by atoms with E-state index in [9.17, 15) is 5.26 Å². The molecule has 0 amide bonds. The smallest absolute Gasteiger partial charge is 0.149 e. The zero-order chi connectivity index (χ0) is 18.2. The van der Waals surface area contributed by atoms with Crippen molar-refractivity contribution in [1.29, 1.82) is 5.26 Å². The van der Waals surface area contributed by atoms with Gasteiger partial charge < -0.3 is 5.73 Å². The molecular weight excluding hydrogens is 340 g/mol.